The molecule has 36 heavy (non-hydrogen) atoms. The minimum Gasteiger partial charge on any atom is -0.467 e. The summed E-state index contributed by atoms with van der Waals surface area (Å²) >= 11 is 1.23. The highest BCUT2D eigenvalue weighted by atomic mass is 32.1. The van der Waals surface area contributed by atoms with Crippen molar-refractivity contribution in [3.8, 4) is 10.6 Å². The highest BCUT2D eigenvalue weighted by Gasteiger charge is 2.30. The summed E-state index contributed by atoms with van der Waals surface area (Å²) in [5.41, 5.74) is 0.352. The van der Waals surface area contributed by atoms with Crippen molar-refractivity contribution >= 4 is 40.6 Å². The van der Waals surface area contributed by atoms with Gasteiger partial charge in [-0.2, -0.15) is 13.2 Å². The number of alkyl halides is 3. The zero-order chi connectivity index (χ0) is 26.5. The number of halogens is 3. The SMILES string of the molecule is COC(=O)C(NC(=O)c1csc(-c2ccc(NC(=O)Nc3cccc(C(F)(F)F)c3)cc2)n1)C(C)C. The number of methoxy groups -OCH3 is 1. The van der Waals surface area contributed by atoms with Crippen LogP contribution < -0.4 is 16.0 Å². The molecule has 0 fully saturated rings. The number of benzene rings is 2. The number of anilines is 2. The van der Waals surface area contributed by atoms with E-state index in [9.17, 15) is 27.6 Å². The molecule has 0 aliphatic rings. The van der Waals surface area contributed by atoms with Crippen LogP contribution in [0.4, 0.5) is 29.3 Å². The number of urea groups is 1. The Morgan fingerprint density at radius 1 is 1.00 bits per heavy atom. The van der Waals surface area contributed by atoms with Crippen LogP contribution in [0, 0.1) is 5.92 Å². The Kier molecular flexibility index (Phi) is 8.30. The van der Waals surface area contributed by atoms with Crippen LogP contribution in [-0.2, 0) is 15.7 Å². The maximum atomic E-state index is 12.8. The molecule has 190 valence electrons. The van der Waals surface area contributed by atoms with E-state index >= 15 is 0 Å². The van der Waals surface area contributed by atoms with Crippen molar-refractivity contribution in [2.24, 2.45) is 5.92 Å². The number of rotatable bonds is 7. The molecule has 1 aromatic heterocycles. The fraction of sp³-hybridized carbons (Fsp3) is 0.250. The van der Waals surface area contributed by atoms with Crippen LogP contribution in [0.25, 0.3) is 10.6 Å². The molecule has 12 heteroatoms. The molecule has 0 bridgehead atoms. The van der Waals surface area contributed by atoms with E-state index in [0.29, 0.717) is 16.3 Å². The summed E-state index contributed by atoms with van der Waals surface area (Å²) in [7, 11) is 1.25. The Morgan fingerprint density at radius 2 is 1.67 bits per heavy atom. The molecule has 0 aliphatic carbocycles. The summed E-state index contributed by atoms with van der Waals surface area (Å²) < 4.78 is 43.2. The zero-order valence-corrected chi connectivity index (χ0v) is 20.3. The van der Waals surface area contributed by atoms with Crippen LogP contribution in [-0.4, -0.2) is 36.0 Å². The van der Waals surface area contributed by atoms with Crippen molar-refractivity contribution < 1.29 is 32.3 Å². The van der Waals surface area contributed by atoms with Gasteiger partial charge < -0.3 is 20.7 Å². The number of esters is 1. The van der Waals surface area contributed by atoms with E-state index in [1.807, 2.05) is 0 Å². The number of carbonyl (C=O) groups excluding carboxylic acids is 3. The first-order valence-electron chi connectivity index (χ1n) is 10.7. The lowest BCUT2D eigenvalue weighted by atomic mass is 10.0. The van der Waals surface area contributed by atoms with Gasteiger partial charge in [0.25, 0.3) is 5.91 Å². The summed E-state index contributed by atoms with van der Waals surface area (Å²) in [4.78, 5) is 40.9. The van der Waals surface area contributed by atoms with Crippen molar-refractivity contribution in [1.82, 2.24) is 10.3 Å². The van der Waals surface area contributed by atoms with E-state index in [4.69, 9.17) is 4.74 Å². The first-order chi connectivity index (χ1) is 17.0. The standard InChI is InChI=1S/C24H23F3N4O4S/c1-13(2)19(22(33)35-3)31-20(32)18-12-36-21(30-18)14-7-9-16(10-8-14)28-23(34)29-17-6-4-5-15(11-17)24(25,26)27/h4-13,19H,1-3H3,(H,31,32)(H2,28,29,34). The molecular formula is C24H23F3N4O4S. The summed E-state index contributed by atoms with van der Waals surface area (Å²) in [5.74, 6) is -1.23. The fourth-order valence-electron chi connectivity index (χ4n) is 3.11. The van der Waals surface area contributed by atoms with Crippen LogP contribution in [0.15, 0.2) is 53.9 Å². The Balaban J connectivity index is 1.62. The molecule has 3 rings (SSSR count). The quantitative estimate of drug-likeness (QED) is 0.362. The number of hydrogen-bond acceptors (Lipinski definition) is 6. The number of amides is 3. The van der Waals surface area contributed by atoms with Crippen LogP contribution in [0.5, 0.6) is 0 Å². The van der Waals surface area contributed by atoms with E-state index in [2.05, 4.69) is 20.9 Å². The number of carbonyl (C=O) groups is 3. The van der Waals surface area contributed by atoms with Gasteiger partial charge in [-0.3, -0.25) is 4.79 Å². The summed E-state index contributed by atoms with van der Waals surface area (Å²) in [5, 5.41) is 9.63. The number of ether oxygens (including phenoxy) is 1. The first kappa shape index (κ1) is 26.7. The largest absolute Gasteiger partial charge is 0.467 e. The number of thiazole rings is 1. The first-order valence-corrected chi connectivity index (χ1v) is 11.6. The summed E-state index contributed by atoms with van der Waals surface area (Å²) in [6.07, 6.45) is -4.52. The molecule has 1 atom stereocenters. The third-order valence-corrected chi connectivity index (χ3v) is 5.87. The normalized spacial score (nSPS) is 12.1. The van der Waals surface area contributed by atoms with E-state index in [1.54, 1.807) is 43.5 Å². The van der Waals surface area contributed by atoms with Gasteiger partial charge >= 0.3 is 18.2 Å². The fourth-order valence-corrected chi connectivity index (χ4v) is 3.92. The maximum Gasteiger partial charge on any atom is 0.416 e. The molecule has 1 unspecified atom stereocenters. The highest BCUT2D eigenvalue weighted by molar-refractivity contribution is 7.13. The highest BCUT2D eigenvalue weighted by Crippen LogP contribution is 2.31. The molecule has 3 amide bonds. The van der Waals surface area contributed by atoms with Crippen LogP contribution in [0.3, 0.4) is 0 Å². The molecule has 8 nitrogen and oxygen atoms in total. The van der Waals surface area contributed by atoms with Gasteiger partial charge in [0, 0.05) is 22.3 Å². The minimum absolute atomic E-state index is 0.000517. The Hall–Kier alpha value is -3.93. The van der Waals surface area contributed by atoms with Gasteiger partial charge in [-0.15, -0.1) is 11.3 Å². The molecule has 0 saturated heterocycles. The molecule has 3 N–H and O–H groups in total. The van der Waals surface area contributed by atoms with E-state index in [0.717, 1.165) is 12.1 Å². The van der Waals surface area contributed by atoms with Crippen LogP contribution in [0.1, 0.15) is 29.9 Å². The predicted molar refractivity (Wildman–Crippen MR) is 130 cm³/mol. The van der Waals surface area contributed by atoms with Gasteiger partial charge in [0.2, 0.25) is 0 Å². The summed E-state index contributed by atoms with van der Waals surface area (Å²) in [6, 6.07) is 9.32. The average Bonchev–Trinajstić information content (AvgIpc) is 3.32. The molecule has 0 radical (unpaired) electrons. The minimum atomic E-state index is -4.52. The summed E-state index contributed by atoms with van der Waals surface area (Å²) in [6.45, 7) is 3.56. The van der Waals surface area contributed by atoms with Crippen molar-refractivity contribution in [1.29, 1.82) is 0 Å². The molecule has 0 saturated carbocycles. The maximum absolute atomic E-state index is 12.8. The van der Waals surface area contributed by atoms with Gasteiger partial charge in [0.05, 0.1) is 12.7 Å². The predicted octanol–water partition coefficient (Wildman–Crippen LogP) is 5.40. The second-order valence-corrected chi connectivity index (χ2v) is 8.85. The molecular weight excluding hydrogens is 497 g/mol. The molecule has 1 heterocycles. The number of nitrogens with one attached hydrogen (secondary N) is 3. The molecule has 0 spiro atoms. The van der Waals surface area contributed by atoms with Gasteiger partial charge in [-0.05, 0) is 48.4 Å². The van der Waals surface area contributed by atoms with Gasteiger partial charge in [-0.25, -0.2) is 14.6 Å². The van der Waals surface area contributed by atoms with Crippen molar-refractivity contribution in [3.05, 3.63) is 65.2 Å². The lowest BCUT2D eigenvalue weighted by Gasteiger charge is -2.19. The van der Waals surface area contributed by atoms with E-state index in [-0.39, 0.29) is 17.3 Å². The lowest BCUT2D eigenvalue weighted by molar-refractivity contribution is -0.144. The smallest absolute Gasteiger partial charge is 0.416 e. The van der Waals surface area contributed by atoms with Crippen molar-refractivity contribution in [3.63, 3.8) is 0 Å². The molecule has 0 aliphatic heterocycles. The van der Waals surface area contributed by atoms with Gasteiger partial charge in [0.15, 0.2) is 0 Å². The van der Waals surface area contributed by atoms with Crippen LogP contribution >= 0.6 is 11.3 Å². The van der Waals surface area contributed by atoms with Crippen LogP contribution in [0.2, 0.25) is 0 Å². The molecule has 3 aromatic rings. The lowest BCUT2D eigenvalue weighted by Crippen LogP contribution is -2.45. The van der Waals surface area contributed by atoms with Crippen molar-refractivity contribution in [2.45, 2.75) is 26.1 Å². The average molecular weight is 521 g/mol. The topological polar surface area (TPSA) is 109 Å². The number of hydrogen-bond donors (Lipinski definition) is 3. The third kappa shape index (κ3) is 6.81. The molecule has 2 aromatic carbocycles. The second kappa shape index (κ2) is 11.2. The Bertz CT molecular complexity index is 1240. The van der Waals surface area contributed by atoms with E-state index < -0.39 is 35.7 Å². The van der Waals surface area contributed by atoms with Crippen molar-refractivity contribution in [2.75, 3.05) is 17.7 Å². The monoisotopic (exact) mass is 520 g/mol. The van der Waals surface area contributed by atoms with Gasteiger partial charge in [-0.1, -0.05) is 19.9 Å². The number of nitrogens with zero attached hydrogens (tertiary/aromatic N) is 1. The third-order valence-electron chi connectivity index (χ3n) is 4.98. The van der Waals surface area contributed by atoms with E-state index in [1.165, 1.54) is 30.6 Å². The zero-order valence-electron chi connectivity index (χ0n) is 19.5. The van der Waals surface area contributed by atoms with Gasteiger partial charge in [0.1, 0.15) is 16.7 Å². The Morgan fingerprint density at radius 3 is 2.28 bits per heavy atom. The number of aromatic nitrogens is 1. The second-order valence-electron chi connectivity index (χ2n) is 7.99. The Labute approximate surface area is 208 Å².